The van der Waals surface area contributed by atoms with Crippen molar-refractivity contribution in [3.63, 3.8) is 0 Å². The molecule has 0 aliphatic carbocycles. The van der Waals surface area contributed by atoms with E-state index >= 15 is 0 Å². The van der Waals surface area contributed by atoms with Gasteiger partial charge in [0.1, 0.15) is 77.5 Å². The SMILES string of the molecule is CCCCS(=O)c1sc2nc(-c3nccs3)cc(-c3ccc(COC(=O)CN(C)C)cc3)c2c1N.COCCCS(=O)c1sc2nc(-c3nccs3)cc(-c3cnc(C)n3C)c2c1N.COCCS(=O)c1sc2nc(-c3nccs3)cc(-c3cnc(C)n3C)c2c1N. The number of nitrogen functional groups attached to an aromatic ring is 3. The number of imidazole rings is 2. The number of pyridine rings is 3. The Hall–Kier alpha value is -6.94. The van der Waals surface area contributed by atoms with Crippen LogP contribution in [0.25, 0.3) is 96.4 Å². The quantitative estimate of drug-likeness (QED) is 0.0396. The number of nitrogens with two attached hydrogens (primary N) is 3. The van der Waals surface area contributed by atoms with E-state index in [0.717, 1.165) is 126 Å². The van der Waals surface area contributed by atoms with Gasteiger partial charge in [-0.05, 0) is 75.7 Å². The van der Waals surface area contributed by atoms with Crippen LogP contribution in [-0.2, 0) is 72.1 Å². The number of nitrogens with zero attached hydrogens (tertiary/aromatic N) is 11. The Bertz CT molecular complexity index is 4590. The van der Waals surface area contributed by atoms with Crippen molar-refractivity contribution in [3.05, 3.63) is 107 Å². The number of thiophene rings is 3. The third-order valence-corrected chi connectivity index (χ3v) is 25.8. The van der Waals surface area contributed by atoms with Gasteiger partial charge < -0.3 is 40.5 Å². The Morgan fingerprint density at radius 2 is 0.989 bits per heavy atom. The minimum Gasteiger partial charge on any atom is -0.460 e. The summed E-state index contributed by atoms with van der Waals surface area (Å²) >= 11 is 8.74. The normalized spacial score (nSPS) is 12.5. The van der Waals surface area contributed by atoms with Crippen LogP contribution in [0.3, 0.4) is 0 Å². The second-order valence-electron chi connectivity index (χ2n) is 21.1. The van der Waals surface area contributed by atoms with E-state index in [1.54, 1.807) is 37.7 Å². The molecular formula is C62H68N14O7S9. The number of benzene rings is 1. The van der Waals surface area contributed by atoms with E-state index in [-0.39, 0.29) is 19.1 Å². The van der Waals surface area contributed by atoms with Gasteiger partial charge in [-0.15, -0.1) is 68.0 Å². The van der Waals surface area contributed by atoms with Crippen LogP contribution in [0.4, 0.5) is 17.1 Å². The molecule has 1 aromatic carbocycles. The van der Waals surface area contributed by atoms with Crippen LogP contribution >= 0.6 is 68.0 Å². The maximum atomic E-state index is 13.0. The molecule has 0 fully saturated rings. The lowest BCUT2D eigenvalue weighted by atomic mass is 10.0. The lowest BCUT2D eigenvalue weighted by molar-refractivity contribution is -0.145. The van der Waals surface area contributed by atoms with Crippen molar-refractivity contribution in [2.24, 2.45) is 14.1 Å². The zero-order chi connectivity index (χ0) is 65.3. The predicted octanol–water partition coefficient (Wildman–Crippen LogP) is 12.5. The van der Waals surface area contributed by atoms with Gasteiger partial charge in [0.05, 0.1) is 92.1 Å². The molecule has 0 spiro atoms. The average molecular weight is 1410 g/mol. The van der Waals surface area contributed by atoms with E-state index in [0.29, 0.717) is 66.6 Å². The summed E-state index contributed by atoms with van der Waals surface area (Å²) in [5, 5.41) is 10.7. The lowest BCUT2D eigenvalue weighted by Gasteiger charge is -2.11. The number of ether oxygens (including phenoxy) is 3. The van der Waals surface area contributed by atoms with Crippen molar-refractivity contribution >= 4 is 154 Å². The van der Waals surface area contributed by atoms with Gasteiger partial charge in [0.15, 0.2) is 0 Å². The fourth-order valence-electron chi connectivity index (χ4n) is 9.62. The molecule has 30 heteroatoms. The summed E-state index contributed by atoms with van der Waals surface area (Å²) in [5.74, 6) is 3.02. The maximum absolute atomic E-state index is 13.0. The van der Waals surface area contributed by atoms with Crippen molar-refractivity contribution in [1.82, 2.24) is 53.9 Å². The number of likely N-dealkylation sites (N-methyl/N-ethyl adjacent to an activating group) is 1. The van der Waals surface area contributed by atoms with Gasteiger partial charge in [-0.2, -0.15) is 0 Å². The Morgan fingerprint density at radius 1 is 0.576 bits per heavy atom. The van der Waals surface area contributed by atoms with Crippen molar-refractivity contribution in [2.75, 3.05) is 82.5 Å². The van der Waals surface area contributed by atoms with E-state index in [1.165, 1.54) is 68.0 Å². The molecule has 0 radical (unpaired) electrons. The van der Waals surface area contributed by atoms with Crippen LogP contribution in [0.5, 0.6) is 0 Å². The van der Waals surface area contributed by atoms with Gasteiger partial charge in [0, 0.05) is 108 Å². The molecule has 3 atom stereocenters. The molecule has 11 heterocycles. The predicted molar refractivity (Wildman–Crippen MR) is 380 cm³/mol. The highest BCUT2D eigenvalue weighted by atomic mass is 32.2. The number of carbonyl (C=O) groups is 1. The van der Waals surface area contributed by atoms with Crippen LogP contribution < -0.4 is 17.2 Å². The van der Waals surface area contributed by atoms with Crippen LogP contribution in [0.2, 0.25) is 0 Å². The first-order valence-electron chi connectivity index (χ1n) is 28.8. The monoisotopic (exact) mass is 1410 g/mol. The van der Waals surface area contributed by atoms with Gasteiger partial charge in [-0.3, -0.25) is 22.3 Å². The first kappa shape index (κ1) is 67.9. The molecule has 3 unspecified atom stereocenters. The lowest BCUT2D eigenvalue weighted by Crippen LogP contribution is -2.23. The van der Waals surface area contributed by atoms with Crippen LogP contribution in [0.15, 0.2) is 102 Å². The Kier molecular flexibility index (Phi) is 22.8. The van der Waals surface area contributed by atoms with E-state index in [4.69, 9.17) is 46.4 Å². The first-order valence-corrected chi connectivity index (χ1v) is 37.8. The minimum absolute atomic E-state index is 0.213. The smallest absolute Gasteiger partial charge is 0.320 e. The highest BCUT2D eigenvalue weighted by Gasteiger charge is 2.26. The first-order chi connectivity index (χ1) is 44.4. The molecule has 0 saturated carbocycles. The summed E-state index contributed by atoms with van der Waals surface area (Å²) in [6.07, 6.45) is 11.5. The van der Waals surface area contributed by atoms with Crippen LogP contribution in [0.1, 0.15) is 43.4 Å². The van der Waals surface area contributed by atoms with Gasteiger partial charge >= 0.3 is 5.97 Å². The van der Waals surface area contributed by atoms with Crippen molar-refractivity contribution in [2.45, 2.75) is 59.3 Å². The standard InChI is InChI=1S/C25H28N4O3S3.C19H21N5O2S3.C18H19N5O2S3/c1-4-5-12-35(31)25-22(26)21-18(13-19(28-24(21)34-25)23-27-10-11-33-23)17-8-6-16(7-9-17)15-32-20(30)14-29(2)3;1-11-22-10-14(24(11)2)12-9-13(17-21-5-7-27-17)23-18-15(12)16(20)19(28-18)29(25)8-4-6-26-3;1-10-21-9-13(23(10)2)11-8-12(16-20-4-6-26-16)22-17-14(11)15(19)18(27-17)28(24)7-5-25-3/h6-11,13H,4-5,12,14-15,26H2,1-3H3;5,7,9-10H,4,6,8,20H2,1-3H3;4,6,8-9H,5,7,19H2,1-3H3. The Morgan fingerprint density at radius 3 is 1.37 bits per heavy atom. The number of thiazole rings is 3. The van der Waals surface area contributed by atoms with E-state index in [9.17, 15) is 17.4 Å². The number of aromatic nitrogens is 10. The number of hydrogen-bond donors (Lipinski definition) is 3. The third-order valence-electron chi connectivity index (χ3n) is 14.5. The molecule has 12 rings (SSSR count). The molecule has 0 amide bonds. The minimum atomic E-state index is -1.24. The Labute approximate surface area is 563 Å². The van der Waals surface area contributed by atoms with Crippen molar-refractivity contribution < 1.29 is 31.6 Å². The molecule has 92 heavy (non-hydrogen) atoms. The third kappa shape index (κ3) is 15.2. The number of hydrogen-bond acceptors (Lipinski definition) is 25. The molecule has 12 aromatic rings. The van der Waals surface area contributed by atoms with Crippen molar-refractivity contribution in [3.8, 4) is 65.7 Å². The topological polar surface area (TPSA) is 290 Å². The highest BCUT2D eigenvalue weighted by molar-refractivity contribution is 7.88. The largest absolute Gasteiger partial charge is 0.460 e. The van der Waals surface area contributed by atoms with E-state index in [2.05, 4.69) is 31.8 Å². The summed E-state index contributed by atoms with van der Waals surface area (Å²) < 4.78 is 60.1. The summed E-state index contributed by atoms with van der Waals surface area (Å²) in [6, 6.07) is 13.8. The number of methoxy groups -OCH3 is 2. The highest BCUT2D eigenvalue weighted by Crippen LogP contribution is 2.46. The molecule has 482 valence electrons. The zero-order valence-electron chi connectivity index (χ0n) is 51.9. The molecule has 0 aliphatic heterocycles. The summed E-state index contributed by atoms with van der Waals surface area (Å²) in [6.45, 7) is 7.42. The number of carbonyl (C=O) groups excluding carboxylic acids is 1. The molecular weight excluding hydrogens is 1340 g/mol. The van der Waals surface area contributed by atoms with Gasteiger partial charge in [-0.25, -0.2) is 39.9 Å². The van der Waals surface area contributed by atoms with Gasteiger partial charge in [-0.1, -0.05) is 37.6 Å². The van der Waals surface area contributed by atoms with E-state index in [1.807, 2.05) is 122 Å². The summed E-state index contributed by atoms with van der Waals surface area (Å²) in [4.78, 5) is 52.4. The second-order valence-corrected chi connectivity index (χ2v) is 32.0. The number of esters is 1. The molecule has 0 aliphatic rings. The fourth-order valence-corrected chi connectivity index (χ4v) is 19.4. The number of rotatable bonds is 23. The Balaban J connectivity index is 0.000000152. The summed E-state index contributed by atoms with van der Waals surface area (Å²) in [5.41, 5.74) is 29.9. The number of aryl methyl sites for hydroxylation is 2. The van der Waals surface area contributed by atoms with Gasteiger partial charge in [0.25, 0.3) is 0 Å². The van der Waals surface area contributed by atoms with E-state index < -0.39 is 32.4 Å². The fraction of sp³-hybridized carbons (Fsp3) is 0.306. The average Bonchev–Trinajstić information content (AvgIpc) is 1.99. The molecule has 6 N–H and O–H groups in total. The zero-order valence-corrected chi connectivity index (χ0v) is 59.3. The molecule has 0 bridgehead atoms. The van der Waals surface area contributed by atoms with Crippen LogP contribution in [0, 0.1) is 13.8 Å². The number of unbranched alkanes of at least 4 members (excludes halogenated alkanes) is 1. The molecule has 0 saturated heterocycles. The maximum Gasteiger partial charge on any atom is 0.320 e. The van der Waals surface area contributed by atoms with Crippen LogP contribution in [-0.4, -0.2) is 138 Å². The van der Waals surface area contributed by atoms with Gasteiger partial charge in [0.2, 0.25) is 0 Å². The second kappa shape index (κ2) is 30.9. The van der Waals surface area contributed by atoms with Crippen molar-refractivity contribution in [1.29, 1.82) is 0 Å². The summed E-state index contributed by atoms with van der Waals surface area (Å²) in [7, 11) is 7.22. The molecule has 11 aromatic heterocycles. The number of anilines is 3. The molecule has 21 nitrogen and oxygen atoms in total. The number of fused-ring (bicyclic) bond motifs is 3.